The van der Waals surface area contributed by atoms with Crippen LogP contribution in [0.4, 0.5) is 0 Å². The van der Waals surface area contributed by atoms with Crippen LogP contribution in [-0.4, -0.2) is 37.1 Å². The number of benzene rings is 1. The smallest absolute Gasteiger partial charge is 0.343 e. The first-order valence-electron chi connectivity index (χ1n) is 7.82. The van der Waals surface area contributed by atoms with Gasteiger partial charge in [0.25, 0.3) is 0 Å². The molecule has 0 spiro atoms. The van der Waals surface area contributed by atoms with E-state index < -0.39 is 5.97 Å². The van der Waals surface area contributed by atoms with E-state index in [0.29, 0.717) is 18.7 Å². The summed E-state index contributed by atoms with van der Waals surface area (Å²) in [4.78, 5) is 27.0. The molecule has 0 unspecified atom stereocenters. The van der Waals surface area contributed by atoms with Gasteiger partial charge in [-0.1, -0.05) is 24.3 Å². The summed E-state index contributed by atoms with van der Waals surface area (Å²) in [5.74, 6) is -0.0199. The first-order valence-corrected chi connectivity index (χ1v) is 7.82. The molecule has 1 heterocycles. The van der Waals surface area contributed by atoms with Crippen LogP contribution in [0.3, 0.4) is 0 Å². The van der Waals surface area contributed by atoms with Gasteiger partial charge < -0.3 is 14.8 Å². The van der Waals surface area contributed by atoms with E-state index in [4.69, 9.17) is 4.74 Å². The molecule has 0 saturated carbocycles. The second kappa shape index (κ2) is 9.87. The molecule has 1 N–H and O–H groups in total. The molecule has 2 aromatic rings. The van der Waals surface area contributed by atoms with Crippen molar-refractivity contribution < 1.29 is 19.1 Å². The van der Waals surface area contributed by atoms with Crippen LogP contribution >= 0.6 is 0 Å². The van der Waals surface area contributed by atoms with E-state index in [0.717, 1.165) is 11.1 Å². The zero-order valence-electron chi connectivity index (χ0n) is 14.0. The number of hydrogen-bond acceptors (Lipinski definition) is 5. The molecular weight excluding hydrogens is 320 g/mol. The zero-order valence-corrected chi connectivity index (χ0v) is 14.0. The molecule has 1 aromatic heterocycles. The van der Waals surface area contributed by atoms with Gasteiger partial charge >= 0.3 is 5.97 Å². The third-order valence-electron chi connectivity index (χ3n) is 3.35. The third kappa shape index (κ3) is 6.47. The number of para-hydroxylation sites is 1. The van der Waals surface area contributed by atoms with Gasteiger partial charge in [0.15, 0.2) is 6.61 Å². The lowest BCUT2D eigenvalue weighted by Crippen LogP contribution is -2.23. The molecule has 0 saturated heterocycles. The molecule has 1 amide bonds. The van der Waals surface area contributed by atoms with Gasteiger partial charge in [0.05, 0.1) is 7.11 Å². The van der Waals surface area contributed by atoms with Crippen LogP contribution in [0.15, 0.2) is 54.9 Å². The Balaban J connectivity index is 1.82. The molecular formula is C19H20N2O4. The van der Waals surface area contributed by atoms with Crippen LogP contribution in [0.2, 0.25) is 0 Å². The lowest BCUT2D eigenvalue weighted by Gasteiger charge is -2.10. The van der Waals surface area contributed by atoms with Gasteiger partial charge in [-0.3, -0.25) is 9.78 Å². The van der Waals surface area contributed by atoms with E-state index in [1.807, 2.05) is 30.3 Å². The molecule has 0 aliphatic heterocycles. The second-order valence-corrected chi connectivity index (χ2v) is 5.13. The number of ether oxygens (including phenoxy) is 2. The Bertz CT molecular complexity index is 729. The number of methoxy groups -OCH3 is 1. The largest absolute Gasteiger partial charge is 0.482 e. The molecule has 6 heteroatoms. The van der Waals surface area contributed by atoms with Gasteiger partial charge in [-0.25, -0.2) is 4.79 Å². The number of carbonyl (C=O) groups is 2. The number of amides is 1. The Morgan fingerprint density at radius 3 is 2.80 bits per heavy atom. The fourth-order valence-corrected chi connectivity index (χ4v) is 2.07. The third-order valence-corrected chi connectivity index (χ3v) is 3.35. The Morgan fingerprint density at radius 1 is 1.20 bits per heavy atom. The summed E-state index contributed by atoms with van der Waals surface area (Å²) < 4.78 is 10.00. The average molecular weight is 340 g/mol. The van der Waals surface area contributed by atoms with E-state index in [9.17, 15) is 9.59 Å². The van der Waals surface area contributed by atoms with E-state index in [-0.39, 0.29) is 12.5 Å². The van der Waals surface area contributed by atoms with Crippen LogP contribution < -0.4 is 10.1 Å². The van der Waals surface area contributed by atoms with E-state index >= 15 is 0 Å². The fourth-order valence-electron chi connectivity index (χ4n) is 2.07. The first kappa shape index (κ1) is 18.2. The summed E-state index contributed by atoms with van der Waals surface area (Å²) in [5.41, 5.74) is 1.77. The predicted octanol–water partition coefficient (Wildman–Crippen LogP) is 2.01. The molecule has 25 heavy (non-hydrogen) atoms. The van der Waals surface area contributed by atoms with Gasteiger partial charge in [0, 0.05) is 25.0 Å². The number of hydrogen-bond donors (Lipinski definition) is 1. The van der Waals surface area contributed by atoms with Crippen molar-refractivity contribution in [3.05, 3.63) is 66.0 Å². The highest BCUT2D eigenvalue weighted by Crippen LogP contribution is 2.18. The molecule has 6 nitrogen and oxygen atoms in total. The van der Waals surface area contributed by atoms with Crippen molar-refractivity contribution in [2.45, 2.75) is 6.42 Å². The highest BCUT2D eigenvalue weighted by Gasteiger charge is 2.06. The summed E-state index contributed by atoms with van der Waals surface area (Å²) in [6.07, 6.45) is 7.12. The number of pyridine rings is 1. The predicted molar refractivity (Wildman–Crippen MR) is 93.9 cm³/mol. The minimum atomic E-state index is -0.441. The van der Waals surface area contributed by atoms with Crippen LogP contribution in [0.25, 0.3) is 6.08 Å². The lowest BCUT2D eigenvalue weighted by molar-refractivity contribution is -0.142. The molecule has 0 atom stereocenters. The van der Waals surface area contributed by atoms with Crippen molar-refractivity contribution in [1.82, 2.24) is 10.3 Å². The molecule has 0 aliphatic carbocycles. The maximum atomic E-state index is 11.8. The number of rotatable bonds is 8. The van der Waals surface area contributed by atoms with Gasteiger partial charge in [-0.2, -0.15) is 0 Å². The Hall–Kier alpha value is -3.15. The van der Waals surface area contributed by atoms with E-state index in [1.54, 1.807) is 24.5 Å². The Labute approximate surface area is 146 Å². The van der Waals surface area contributed by atoms with Gasteiger partial charge in [-0.05, 0) is 35.8 Å². The number of carbonyl (C=O) groups excluding carboxylic acids is 2. The van der Waals surface area contributed by atoms with Gasteiger partial charge in [0.2, 0.25) is 5.91 Å². The van der Waals surface area contributed by atoms with Crippen LogP contribution in [0, 0.1) is 0 Å². The summed E-state index contributed by atoms with van der Waals surface area (Å²) in [6.45, 7) is 0.308. The molecule has 1 aromatic carbocycles. The number of nitrogens with zero attached hydrogens (tertiary/aromatic N) is 1. The minimum absolute atomic E-state index is 0.145. The maximum absolute atomic E-state index is 11.8. The number of aromatic nitrogens is 1. The van der Waals surface area contributed by atoms with Gasteiger partial charge in [-0.15, -0.1) is 0 Å². The molecule has 0 radical (unpaired) electrons. The minimum Gasteiger partial charge on any atom is -0.482 e. The number of esters is 1. The topological polar surface area (TPSA) is 77.5 Å². The van der Waals surface area contributed by atoms with Crippen molar-refractivity contribution in [2.75, 3.05) is 20.3 Å². The Morgan fingerprint density at radius 2 is 2.04 bits per heavy atom. The first-order chi connectivity index (χ1) is 12.2. The maximum Gasteiger partial charge on any atom is 0.343 e. The summed E-state index contributed by atoms with van der Waals surface area (Å²) >= 11 is 0. The molecule has 2 rings (SSSR count). The standard InChI is InChI=1S/C19H20N2O4/c1-24-19(23)14-25-17-7-3-2-6-16(17)10-12-21-18(22)9-8-15-5-4-11-20-13-15/h2-9,11,13H,10,12,14H2,1H3,(H,21,22). The van der Waals surface area contributed by atoms with Crippen molar-refractivity contribution in [3.63, 3.8) is 0 Å². The van der Waals surface area contributed by atoms with Crippen molar-refractivity contribution in [2.24, 2.45) is 0 Å². The van der Waals surface area contributed by atoms with Crippen LogP contribution in [0.5, 0.6) is 5.75 Å². The quantitative estimate of drug-likeness (QED) is 0.587. The van der Waals surface area contributed by atoms with E-state index in [2.05, 4.69) is 15.0 Å². The molecule has 0 aliphatic rings. The summed E-state index contributed by atoms with van der Waals surface area (Å²) in [6, 6.07) is 11.1. The summed E-state index contributed by atoms with van der Waals surface area (Å²) in [5, 5.41) is 2.81. The van der Waals surface area contributed by atoms with Gasteiger partial charge in [0.1, 0.15) is 5.75 Å². The molecule has 130 valence electrons. The second-order valence-electron chi connectivity index (χ2n) is 5.13. The number of nitrogens with one attached hydrogen (secondary N) is 1. The highest BCUT2D eigenvalue weighted by molar-refractivity contribution is 5.91. The van der Waals surface area contributed by atoms with Crippen LogP contribution in [-0.2, 0) is 20.7 Å². The fraction of sp³-hybridized carbons (Fsp3) is 0.211. The normalized spacial score (nSPS) is 10.4. The highest BCUT2D eigenvalue weighted by atomic mass is 16.6. The molecule has 0 fully saturated rings. The van der Waals surface area contributed by atoms with Crippen molar-refractivity contribution in [1.29, 1.82) is 0 Å². The average Bonchev–Trinajstić information content (AvgIpc) is 2.66. The molecule has 0 bridgehead atoms. The van der Waals surface area contributed by atoms with E-state index in [1.165, 1.54) is 13.2 Å². The zero-order chi connectivity index (χ0) is 17.9. The van der Waals surface area contributed by atoms with Crippen LogP contribution in [0.1, 0.15) is 11.1 Å². The van der Waals surface area contributed by atoms with Crippen molar-refractivity contribution in [3.8, 4) is 5.75 Å². The lowest BCUT2D eigenvalue weighted by atomic mass is 10.1. The Kier molecular flexibility index (Phi) is 7.18. The monoisotopic (exact) mass is 340 g/mol. The summed E-state index contributed by atoms with van der Waals surface area (Å²) in [7, 11) is 1.31. The SMILES string of the molecule is COC(=O)COc1ccccc1CCNC(=O)C=Cc1cccnc1. The van der Waals surface area contributed by atoms with Crippen molar-refractivity contribution >= 4 is 18.0 Å².